The van der Waals surface area contributed by atoms with Crippen LogP contribution in [0.5, 0.6) is 69.0 Å². The third-order valence-corrected chi connectivity index (χ3v) is 18.6. The first kappa shape index (κ1) is 42.3. The molecule has 14 rings (SSSR count). The normalized spacial score (nSPS) is 34.1. The first-order valence-electron chi connectivity index (χ1n) is 23.3. The highest BCUT2D eigenvalue weighted by atomic mass is 16.3. The van der Waals surface area contributed by atoms with E-state index in [2.05, 4.69) is 0 Å². The SMILES string of the molecule is Oc1ccc(C23CC4(c5ccc(O)cc5O)CC(c5ccc(O)cc5O)(C2)CC(C25CC6(c7ccc(O)cc7O)CC(c7ccc(O)cc7O)(CC(c7ccc(O)cc7O)(C6)C2)C5)(C3)C4)c(O)c1. The highest BCUT2D eigenvalue weighted by Gasteiger charge is 2.80. The molecule has 8 aliphatic carbocycles. The minimum atomic E-state index is -0.903. The lowest BCUT2D eigenvalue weighted by Crippen LogP contribution is -2.75. The maximum absolute atomic E-state index is 12.1. The summed E-state index contributed by atoms with van der Waals surface area (Å²) >= 11 is 0. The monoisotopic (exact) mass is 918 g/mol. The summed E-state index contributed by atoms with van der Waals surface area (Å²) in [5.41, 5.74) is -3.47. The van der Waals surface area contributed by atoms with Crippen LogP contribution in [0.2, 0.25) is 0 Å². The van der Waals surface area contributed by atoms with E-state index in [4.69, 9.17) is 0 Å². The molecule has 0 aromatic heterocycles. The maximum Gasteiger partial charge on any atom is 0.123 e. The third kappa shape index (κ3) is 5.60. The third-order valence-electron chi connectivity index (χ3n) is 18.6. The smallest absolute Gasteiger partial charge is 0.123 e. The van der Waals surface area contributed by atoms with E-state index < -0.39 is 43.3 Å². The molecule has 0 radical (unpaired) electrons. The molecule has 0 atom stereocenters. The van der Waals surface area contributed by atoms with E-state index in [0.717, 1.165) is 0 Å². The highest BCUT2D eigenvalue weighted by Crippen LogP contribution is 2.87. The van der Waals surface area contributed by atoms with Crippen molar-refractivity contribution < 1.29 is 61.3 Å². The summed E-state index contributed by atoms with van der Waals surface area (Å²) in [4.78, 5) is 0. The molecule has 6 aromatic rings. The molecule has 0 aliphatic heterocycles. The molecule has 350 valence electrons. The van der Waals surface area contributed by atoms with Crippen molar-refractivity contribution >= 4 is 0 Å². The summed E-state index contributed by atoms with van der Waals surface area (Å²) in [6, 6.07) is 28.0. The highest BCUT2D eigenvalue weighted by molar-refractivity contribution is 5.60. The zero-order valence-corrected chi connectivity index (χ0v) is 37.2. The molecule has 0 spiro atoms. The van der Waals surface area contributed by atoms with E-state index in [1.54, 1.807) is 72.8 Å². The van der Waals surface area contributed by atoms with E-state index in [1.165, 1.54) is 36.4 Å². The fraction of sp³-hybridized carbons (Fsp3) is 0.357. The van der Waals surface area contributed by atoms with Crippen LogP contribution in [0.4, 0.5) is 0 Å². The van der Waals surface area contributed by atoms with Gasteiger partial charge in [0.15, 0.2) is 0 Å². The van der Waals surface area contributed by atoms with Gasteiger partial charge in [0.25, 0.3) is 0 Å². The molecule has 68 heavy (non-hydrogen) atoms. The Labute approximate surface area is 392 Å². The summed E-state index contributed by atoms with van der Waals surface area (Å²) < 4.78 is 0. The first-order chi connectivity index (χ1) is 32.2. The fourth-order valence-electron chi connectivity index (χ4n) is 17.9. The Hall–Kier alpha value is -7.08. The van der Waals surface area contributed by atoms with Gasteiger partial charge in [-0.15, -0.1) is 0 Å². The lowest BCUT2D eigenvalue weighted by molar-refractivity contribution is -0.237. The zero-order valence-electron chi connectivity index (χ0n) is 37.2. The van der Waals surface area contributed by atoms with E-state index in [9.17, 15) is 61.3 Å². The van der Waals surface area contributed by atoms with Crippen molar-refractivity contribution in [2.75, 3.05) is 0 Å². The molecule has 12 nitrogen and oxygen atoms in total. The zero-order chi connectivity index (χ0) is 47.6. The van der Waals surface area contributed by atoms with Crippen LogP contribution in [0.25, 0.3) is 0 Å². The van der Waals surface area contributed by atoms with Crippen LogP contribution < -0.4 is 0 Å². The second-order valence-electron chi connectivity index (χ2n) is 22.6. The van der Waals surface area contributed by atoms with Crippen molar-refractivity contribution in [2.24, 2.45) is 10.8 Å². The minimum Gasteiger partial charge on any atom is -0.508 e. The van der Waals surface area contributed by atoms with E-state index in [0.29, 0.717) is 110 Å². The van der Waals surface area contributed by atoms with Gasteiger partial charge in [0.1, 0.15) is 69.0 Å². The van der Waals surface area contributed by atoms with Gasteiger partial charge in [-0.25, -0.2) is 0 Å². The predicted octanol–water partition coefficient (Wildman–Crippen LogP) is 9.82. The van der Waals surface area contributed by atoms with Gasteiger partial charge in [-0.3, -0.25) is 0 Å². The number of benzene rings is 6. The summed E-state index contributed by atoms with van der Waals surface area (Å²) in [6.45, 7) is 0. The Morgan fingerprint density at radius 3 is 0.485 bits per heavy atom. The Morgan fingerprint density at radius 2 is 0.353 bits per heavy atom. The van der Waals surface area contributed by atoms with Gasteiger partial charge >= 0.3 is 0 Å². The molecule has 0 amide bonds. The van der Waals surface area contributed by atoms with E-state index >= 15 is 0 Å². The fourth-order valence-corrected chi connectivity index (χ4v) is 17.9. The minimum absolute atomic E-state index is 0.107. The molecule has 8 bridgehead atoms. The molecular formula is C56H54O12. The van der Waals surface area contributed by atoms with Crippen molar-refractivity contribution in [3.63, 3.8) is 0 Å². The van der Waals surface area contributed by atoms with Gasteiger partial charge < -0.3 is 61.3 Å². The second-order valence-corrected chi connectivity index (χ2v) is 22.6. The Morgan fingerprint density at radius 1 is 0.206 bits per heavy atom. The lowest BCUT2D eigenvalue weighted by Gasteiger charge is -2.80. The molecule has 12 N–H and O–H groups in total. The molecule has 0 saturated heterocycles. The number of hydrogen-bond acceptors (Lipinski definition) is 12. The second kappa shape index (κ2) is 13.3. The quantitative estimate of drug-likeness (QED) is 0.0716. The molecular weight excluding hydrogens is 865 g/mol. The van der Waals surface area contributed by atoms with Gasteiger partial charge in [0.2, 0.25) is 0 Å². The molecule has 12 heteroatoms. The van der Waals surface area contributed by atoms with Crippen LogP contribution in [0, 0.1) is 10.8 Å². The van der Waals surface area contributed by atoms with Crippen molar-refractivity contribution in [3.05, 3.63) is 143 Å². The van der Waals surface area contributed by atoms with Gasteiger partial charge in [-0.1, -0.05) is 36.4 Å². The predicted molar refractivity (Wildman–Crippen MR) is 249 cm³/mol. The average molecular weight is 919 g/mol. The van der Waals surface area contributed by atoms with Gasteiger partial charge in [-0.05, 0) is 124 Å². The summed E-state index contributed by atoms with van der Waals surface area (Å²) in [5.74, 6) is -1.36. The van der Waals surface area contributed by atoms with Crippen LogP contribution in [0.3, 0.4) is 0 Å². The topological polar surface area (TPSA) is 243 Å². The largest absolute Gasteiger partial charge is 0.508 e. The summed E-state index contributed by atoms with van der Waals surface area (Å²) in [6.07, 6.45) is 5.58. The summed E-state index contributed by atoms with van der Waals surface area (Å²) in [7, 11) is 0. The van der Waals surface area contributed by atoms with Crippen molar-refractivity contribution in [1.82, 2.24) is 0 Å². The number of rotatable bonds is 7. The molecule has 0 unspecified atom stereocenters. The van der Waals surface area contributed by atoms with Crippen LogP contribution in [-0.4, -0.2) is 61.3 Å². The standard InChI is InChI=1S/C56H54O12/c57-31-1-7-37(43(63)13-31)49-19-50(38-8-2-32(58)14-44(38)64)21-51(20-49,39-9-3-33(59)15-45(39)65)27-55(25-49,26-50)56-28-52(40-10-4-34(60)16-46(40)66)22-53(29-56,41-11-5-35(61)17-47(41)67)24-54(23-52,30-56)42-12-6-36(62)18-48(42)68/h1-18,57-68H,19-30H2. The number of phenols is 12. The van der Waals surface area contributed by atoms with E-state index in [1.807, 2.05) is 0 Å². The molecule has 6 aromatic carbocycles. The Balaban J connectivity index is 1.21. The van der Waals surface area contributed by atoms with Crippen molar-refractivity contribution in [1.29, 1.82) is 0 Å². The van der Waals surface area contributed by atoms with Crippen molar-refractivity contribution in [2.45, 2.75) is 110 Å². The van der Waals surface area contributed by atoms with Gasteiger partial charge in [0, 0.05) is 102 Å². The van der Waals surface area contributed by atoms with Gasteiger partial charge in [-0.2, -0.15) is 0 Å². The number of phenolic OH excluding ortho intramolecular Hbond substituents is 12. The van der Waals surface area contributed by atoms with Crippen LogP contribution in [0.15, 0.2) is 109 Å². The van der Waals surface area contributed by atoms with Gasteiger partial charge in [0.05, 0.1) is 0 Å². The molecule has 8 aliphatic rings. The van der Waals surface area contributed by atoms with Crippen LogP contribution in [0.1, 0.15) is 110 Å². The van der Waals surface area contributed by atoms with Crippen molar-refractivity contribution in [3.8, 4) is 69.0 Å². The number of aromatic hydroxyl groups is 12. The molecule has 0 heterocycles. The lowest BCUT2D eigenvalue weighted by atomic mass is 9.23. The summed E-state index contributed by atoms with van der Waals surface area (Å²) in [5, 5.41) is 137. The first-order valence-corrected chi connectivity index (χ1v) is 23.3. The Bertz CT molecular complexity index is 2590. The molecule has 8 saturated carbocycles. The average Bonchev–Trinajstić information content (AvgIpc) is 3.22. The van der Waals surface area contributed by atoms with Crippen LogP contribution in [-0.2, 0) is 32.5 Å². The molecule has 8 fully saturated rings. The maximum atomic E-state index is 12.1. The Kier molecular flexibility index (Phi) is 8.29. The van der Waals surface area contributed by atoms with Crippen LogP contribution >= 0.6 is 0 Å². The van der Waals surface area contributed by atoms with E-state index in [-0.39, 0.29) is 69.0 Å². The number of hydrogen-bond donors (Lipinski definition) is 12.